The Morgan fingerprint density at radius 1 is 1.47 bits per heavy atom. The lowest BCUT2D eigenvalue weighted by Crippen LogP contribution is -2.26. The largest absolute Gasteiger partial charge is 0.508 e. The van der Waals surface area contributed by atoms with Crippen molar-refractivity contribution in [2.75, 3.05) is 6.54 Å². The number of aromatic hydroxyl groups is 1. The van der Waals surface area contributed by atoms with Gasteiger partial charge in [0.1, 0.15) is 5.75 Å². The molecule has 1 aliphatic rings. The number of alkyl halides is 2. The van der Waals surface area contributed by atoms with Gasteiger partial charge in [0.25, 0.3) is 5.92 Å². The molecule has 0 spiro atoms. The topological polar surface area (TPSA) is 46.2 Å². The first-order chi connectivity index (χ1) is 6.93. The average molecular weight is 213 g/mol. The van der Waals surface area contributed by atoms with Crippen LogP contribution in [0.25, 0.3) is 0 Å². The minimum absolute atomic E-state index is 0.0855. The van der Waals surface area contributed by atoms with Gasteiger partial charge in [0.2, 0.25) is 0 Å². The third-order valence-corrected chi connectivity index (χ3v) is 3.12. The smallest absolute Gasteiger partial charge is 0.260 e. The van der Waals surface area contributed by atoms with Crippen molar-refractivity contribution in [2.45, 2.75) is 24.7 Å². The van der Waals surface area contributed by atoms with E-state index in [0.717, 1.165) is 5.56 Å². The zero-order valence-electron chi connectivity index (χ0n) is 8.43. The normalized spacial score (nSPS) is 27.7. The van der Waals surface area contributed by atoms with Crippen LogP contribution < -0.4 is 5.73 Å². The van der Waals surface area contributed by atoms with Crippen LogP contribution in [0.15, 0.2) is 18.2 Å². The van der Waals surface area contributed by atoms with E-state index in [1.807, 2.05) is 0 Å². The number of benzene rings is 1. The van der Waals surface area contributed by atoms with Gasteiger partial charge in [-0.25, -0.2) is 8.78 Å². The Morgan fingerprint density at radius 2 is 2.07 bits per heavy atom. The van der Waals surface area contributed by atoms with Gasteiger partial charge in [-0.2, -0.15) is 0 Å². The van der Waals surface area contributed by atoms with Crippen LogP contribution in [0.2, 0.25) is 0 Å². The number of halogens is 2. The van der Waals surface area contributed by atoms with Gasteiger partial charge in [-0.05, 0) is 18.6 Å². The van der Waals surface area contributed by atoms with Gasteiger partial charge in [-0.3, -0.25) is 0 Å². The van der Waals surface area contributed by atoms with Crippen LogP contribution >= 0.6 is 0 Å². The molecule has 1 saturated carbocycles. The lowest BCUT2D eigenvalue weighted by atomic mass is 9.93. The minimum atomic E-state index is -2.78. The van der Waals surface area contributed by atoms with Crippen LogP contribution in [-0.2, 0) is 5.41 Å². The molecule has 1 atom stereocenters. The summed E-state index contributed by atoms with van der Waals surface area (Å²) in [6.45, 7) is 1.65. The molecule has 1 fully saturated rings. The van der Waals surface area contributed by atoms with E-state index in [1.165, 1.54) is 6.07 Å². The molecule has 2 nitrogen and oxygen atoms in total. The summed E-state index contributed by atoms with van der Waals surface area (Å²) < 4.78 is 26.5. The van der Waals surface area contributed by atoms with Crippen molar-refractivity contribution in [3.63, 3.8) is 0 Å². The van der Waals surface area contributed by atoms with Gasteiger partial charge in [-0.1, -0.05) is 12.1 Å². The summed E-state index contributed by atoms with van der Waals surface area (Å²) in [6.07, 6.45) is -0.271. The highest BCUT2D eigenvalue weighted by atomic mass is 19.3. The maximum Gasteiger partial charge on any atom is 0.260 e. The Kier molecular flexibility index (Phi) is 2.01. The molecule has 1 aliphatic carbocycles. The number of rotatable bonds is 2. The number of hydrogen-bond acceptors (Lipinski definition) is 2. The summed E-state index contributed by atoms with van der Waals surface area (Å²) in [4.78, 5) is 0. The SMILES string of the molecule is Cc1ccc(C2(CN)CC2(F)F)c(O)c1. The van der Waals surface area contributed by atoms with E-state index >= 15 is 0 Å². The second kappa shape index (κ2) is 2.92. The van der Waals surface area contributed by atoms with Crippen LogP contribution in [0.3, 0.4) is 0 Å². The summed E-state index contributed by atoms with van der Waals surface area (Å²) in [5, 5.41) is 9.64. The third kappa shape index (κ3) is 1.32. The Balaban J connectivity index is 2.46. The molecule has 0 aliphatic heterocycles. The summed E-state index contributed by atoms with van der Waals surface area (Å²) in [5.74, 6) is -2.87. The zero-order valence-corrected chi connectivity index (χ0v) is 8.43. The van der Waals surface area contributed by atoms with Gasteiger partial charge in [0.05, 0.1) is 5.41 Å². The van der Waals surface area contributed by atoms with E-state index in [4.69, 9.17) is 5.73 Å². The number of phenols is 1. The van der Waals surface area contributed by atoms with Gasteiger partial charge in [0, 0.05) is 18.5 Å². The molecule has 0 bridgehead atoms. The monoisotopic (exact) mass is 213 g/mol. The summed E-state index contributed by atoms with van der Waals surface area (Å²) in [7, 11) is 0. The highest BCUT2D eigenvalue weighted by Gasteiger charge is 2.71. The van der Waals surface area contributed by atoms with Crippen molar-refractivity contribution in [3.05, 3.63) is 29.3 Å². The standard InChI is InChI=1S/C11H13F2NO/c1-7-2-3-8(9(15)4-7)10(6-14)5-11(10,12)13/h2-4,15H,5-6,14H2,1H3. The van der Waals surface area contributed by atoms with Crippen LogP contribution in [0.1, 0.15) is 17.5 Å². The highest BCUT2D eigenvalue weighted by molar-refractivity contribution is 5.48. The molecule has 0 heterocycles. The minimum Gasteiger partial charge on any atom is -0.508 e. The Hall–Kier alpha value is -1.16. The predicted molar refractivity (Wildman–Crippen MR) is 53.1 cm³/mol. The van der Waals surface area contributed by atoms with Crippen LogP contribution in [0.4, 0.5) is 8.78 Å². The van der Waals surface area contributed by atoms with E-state index in [1.54, 1.807) is 19.1 Å². The van der Waals surface area contributed by atoms with Crippen molar-refractivity contribution < 1.29 is 13.9 Å². The maximum absolute atomic E-state index is 13.2. The summed E-state index contributed by atoms with van der Waals surface area (Å²) in [5.41, 5.74) is 5.15. The molecular formula is C11H13F2NO. The van der Waals surface area contributed by atoms with Crippen molar-refractivity contribution in [1.29, 1.82) is 0 Å². The van der Waals surface area contributed by atoms with E-state index in [0.29, 0.717) is 0 Å². The van der Waals surface area contributed by atoms with Crippen LogP contribution in [0.5, 0.6) is 5.75 Å². The lowest BCUT2D eigenvalue weighted by molar-refractivity contribution is 0.0889. The number of aryl methyl sites for hydroxylation is 1. The maximum atomic E-state index is 13.2. The molecule has 3 N–H and O–H groups in total. The Bertz CT molecular complexity index is 406. The molecule has 0 amide bonds. The summed E-state index contributed by atoms with van der Waals surface area (Å²) in [6, 6.07) is 4.74. The first-order valence-electron chi connectivity index (χ1n) is 4.81. The van der Waals surface area contributed by atoms with Crippen molar-refractivity contribution in [1.82, 2.24) is 0 Å². The zero-order chi connectivity index (χ0) is 11.3. The van der Waals surface area contributed by atoms with Crippen molar-refractivity contribution in [2.24, 2.45) is 5.73 Å². The van der Waals surface area contributed by atoms with Crippen molar-refractivity contribution >= 4 is 0 Å². The van der Waals surface area contributed by atoms with E-state index < -0.39 is 11.3 Å². The fourth-order valence-corrected chi connectivity index (χ4v) is 2.00. The molecular weight excluding hydrogens is 200 g/mol. The van der Waals surface area contributed by atoms with Gasteiger partial charge in [-0.15, -0.1) is 0 Å². The van der Waals surface area contributed by atoms with Gasteiger partial charge in [0.15, 0.2) is 0 Å². The number of hydrogen-bond donors (Lipinski definition) is 2. The molecule has 15 heavy (non-hydrogen) atoms. The third-order valence-electron chi connectivity index (χ3n) is 3.12. The Labute approximate surface area is 86.7 Å². The highest BCUT2D eigenvalue weighted by Crippen LogP contribution is 2.62. The van der Waals surface area contributed by atoms with Gasteiger partial charge < -0.3 is 10.8 Å². The van der Waals surface area contributed by atoms with E-state index in [2.05, 4.69) is 0 Å². The lowest BCUT2D eigenvalue weighted by Gasteiger charge is -2.16. The second-order valence-corrected chi connectivity index (χ2v) is 4.19. The molecule has 1 aromatic rings. The molecule has 1 unspecified atom stereocenters. The molecule has 2 rings (SSSR count). The first-order valence-corrected chi connectivity index (χ1v) is 4.81. The molecule has 0 aromatic heterocycles. The molecule has 1 aromatic carbocycles. The average Bonchev–Trinajstić information content (AvgIpc) is 2.69. The fourth-order valence-electron chi connectivity index (χ4n) is 2.00. The van der Waals surface area contributed by atoms with Crippen molar-refractivity contribution in [3.8, 4) is 5.75 Å². The molecule has 4 heteroatoms. The number of phenolic OH excluding ortho intramolecular Hbond substituents is 1. The predicted octanol–water partition coefficient (Wildman–Crippen LogP) is 1.94. The molecule has 0 saturated heterocycles. The van der Waals surface area contributed by atoms with E-state index in [9.17, 15) is 13.9 Å². The van der Waals surface area contributed by atoms with Crippen LogP contribution in [-0.4, -0.2) is 17.6 Å². The molecule has 82 valence electrons. The fraction of sp³-hybridized carbons (Fsp3) is 0.455. The number of nitrogens with two attached hydrogens (primary N) is 1. The first kappa shape index (κ1) is 10.4. The molecule has 0 radical (unpaired) electrons. The quantitative estimate of drug-likeness (QED) is 0.788. The van der Waals surface area contributed by atoms with Gasteiger partial charge >= 0.3 is 0 Å². The summed E-state index contributed by atoms with van der Waals surface area (Å²) >= 11 is 0. The Morgan fingerprint density at radius 3 is 2.47 bits per heavy atom. The van der Waals surface area contributed by atoms with E-state index in [-0.39, 0.29) is 24.3 Å². The second-order valence-electron chi connectivity index (χ2n) is 4.19. The van der Waals surface area contributed by atoms with Crippen LogP contribution in [0, 0.1) is 6.92 Å².